The molecule has 0 saturated heterocycles. The van der Waals surface area contributed by atoms with E-state index in [1.54, 1.807) is 6.07 Å². The highest BCUT2D eigenvalue weighted by atomic mass is 19.1. The normalized spacial score (nSPS) is 11.0. The minimum atomic E-state index is -0.370. The molecule has 0 aliphatic heterocycles. The van der Waals surface area contributed by atoms with Crippen molar-refractivity contribution in [1.82, 2.24) is 15.1 Å². The Morgan fingerprint density at radius 2 is 1.92 bits per heavy atom. The highest BCUT2D eigenvalue weighted by molar-refractivity contribution is 5.36. The second-order valence-electron chi connectivity index (χ2n) is 6.21. The van der Waals surface area contributed by atoms with E-state index in [1.807, 2.05) is 36.0 Å². The highest BCUT2D eigenvalue weighted by Crippen LogP contribution is 2.14. The fraction of sp³-hybridized carbons (Fsp3) is 0.250. The maximum atomic E-state index is 13.7. The summed E-state index contributed by atoms with van der Waals surface area (Å²) < 4.78 is 15.6. The number of halogens is 1. The third kappa shape index (κ3) is 4.13. The molecule has 1 aromatic heterocycles. The Hall–Kier alpha value is -2.50. The van der Waals surface area contributed by atoms with E-state index in [-0.39, 0.29) is 12.4 Å². The molecule has 0 aliphatic carbocycles. The SMILES string of the molecule is Cc1cccc(-n2cc(CNCc3ccc(CO)c(F)c3)c(C)n2)c1. The molecule has 4 nitrogen and oxygen atoms in total. The number of nitrogens with one attached hydrogen (secondary N) is 1. The number of hydrogen-bond acceptors (Lipinski definition) is 3. The van der Waals surface area contributed by atoms with Crippen LogP contribution in [0, 0.1) is 19.7 Å². The zero-order valence-corrected chi connectivity index (χ0v) is 14.5. The molecule has 5 heteroatoms. The van der Waals surface area contributed by atoms with Gasteiger partial charge in [-0.3, -0.25) is 0 Å². The maximum Gasteiger partial charge on any atom is 0.129 e. The molecule has 0 unspecified atom stereocenters. The summed E-state index contributed by atoms with van der Waals surface area (Å²) in [5.41, 5.74) is 5.47. The van der Waals surface area contributed by atoms with Gasteiger partial charge in [-0.05, 0) is 43.2 Å². The van der Waals surface area contributed by atoms with Crippen LogP contribution in [0.15, 0.2) is 48.7 Å². The summed E-state index contributed by atoms with van der Waals surface area (Å²) in [6, 6.07) is 13.1. The minimum absolute atomic E-state index is 0.281. The molecule has 3 aromatic rings. The monoisotopic (exact) mass is 339 g/mol. The van der Waals surface area contributed by atoms with Crippen LogP contribution >= 0.6 is 0 Å². The molecule has 2 aromatic carbocycles. The molecule has 0 atom stereocenters. The Morgan fingerprint density at radius 3 is 2.64 bits per heavy atom. The average Bonchev–Trinajstić information content (AvgIpc) is 2.96. The Labute approximate surface area is 146 Å². The van der Waals surface area contributed by atoms with Crippen molar-refractivity contribution < 1.29 is 9.50 Å². The second-order valence-corrected chi connectivity index (χ2v) is 6.21. The molecule has 3 rings (SSSR count). The summed E-state index contributed by atoms with van der Waals surface area (Å²) in [5, 5.41) is 16.9. The first-order chi connectivity index (χ1) is 12.1. The molecule has 0 radical (unpaired) electrons. The molecule has 0 spiro atoms. The van der Waals surface area contributed by atoms with Gasteiger partial charge in [-0.25, -0.2) is 9.07 Å². The third-order valence-electron chi connectivity index (χ3n) is 4.20. The zero-order valence-electron chi connectivity index (χ0n) is 14.5. The van der Waals surface area contributed by atoms with Gasteiger partial charge in [0.25, 0.3) is 0 Å². The Kier molecular flexibility index (Phi) is 5.26. The van der Waals surface area contributed by atoms with Crippen molar-refractivity contribution in [3.8, 4) is 5.69 Å². The number of rotatable bonds is 6. The van der Waals surface area contributed by atoms with Crippen LogP contribution in [0.3, 0.4) is 0 Å². The number of aryl methyl sites for hydroxylation is 2. The maximum absolute atomic E-state index is 13.7. The van der Waals surface area contributed by atoms with Crippen LogP contribution in [-0.4, -0.2) is 14.9 Å². The van der Waals surface area contributed by atoms with Crippen molar-refractivity contribution in [1.29, 1.82) is 0 Å². The van der Waals surface area contributed by atoms with Crippen molar-refractivity contribution in [3.05, 3.63) is 82.4 Å². The first kappa shape index (κ1) is 17.3. The van der Waals surface area contributed by atoms with Gasteiger partial charge in [-0.15, -0.1) is 0 Å². The van der Waals surface area contributed by atoms with Crippen molar-refractivity contribution >= 4 is 0 Å². The number of nitrogens with zero attached hydrogens (tertiary/aromatic N) is 2. The van der Waals surface area contributed by atoms with Gasteiger partial charge < -0.3 is 10.4 Å². The number of aromatic nitrogens is 2. The number of aliphatic hydroxyl groups is 1. The van der Waals surface area contributed by atoms with E-state index in [0.717, 1.165) is 22.5 Å². The predicted octanol–water partition coefficient (Wildman–Crippen LogP) is 3.41. The Morgan fingerprint density at radius 1 is 1.08 bits per heavy atom. The van der Waals surface area contributed by atoms with Gasteiger partial charge in [0.15, 0.2) is 0 Å². The van der Waals surface area contributed by atoms with Crippen LogP contribution in [0.1, 0.15) is 27.9 Å². The van der Waals surface area contributed by atoms with Crippen LogP contribution in [0.4, 0.5) is 4.39 Å². The number of hydrogen-bond donors (Lipinski definition) is 2. The molecular weight excluding hydrogens is 317 g/mol. The standard InChI is InChI=1S/C20H22FN3O/c1-14-4-3-5-19(8-14)24-12-18(15(2)23-24)11-22-10-16-6-7-17(13-25)20(21)9-16/h3-9,12,22,25H,10-11,13H2,1-2H3. The largest absolute Gasteiger partial charge is 0.392 e. The van der Waals surface area contributed by atoms with Crippen LogP contribution < -0.4 is 5.32 Å². The first-order valence-electron chi connectivity index (χ1n) is 8.28. The highest BCUT2D eigenvalue weighted by Gasteiger charge is 2.07. The lowest BCUT2D eigenvalue weighted by Crippen LogP contribution is -2.13. The summed E-state index contributed by atoms with van der Waals surface area (Å²) in [4.78, 5) is 0. The van der Waals surface area contributed by atoms with Gasteiger partial charge in [-0.1, -0.05) is 24.3 Å². The summed E-state index contributed by atoms with van der Waals surface area (Å²) in [5.74, 6) is -0.370. The predicted molar refractivity (Wildman–Crippen MR) is 95.9 cm³/mol. The molecule has 0 amide bonds. The lowest BCUT2D eigenvalue weighted by atomic mass is 10.1. The molecule has 25 heavy (non-hydrogen) atoms. The zero-order chi connectivity index (χ0) is 17.8. The lowest BCUT2D eigenvalue weighted by Gasteiger charge is -2.06. The third-order valence-corrected chi connectivity index (χ3v) is 4.20. The van der Waals surface area contributed by atoms with E-state index in [4.69, 9.17) is 5.11 Å². The van der Waals surface area contributed by atoms with E-state index in [9.17, 15) is 4.39 Å². The molecule has 130 valence electrons. The Bertz CT molecular complexity index is 873. The average molecular weight is 339 g/mol. The van der Waals surface area contributed by atoms with E-state index >= 15 is 0 Å². The van der Waals surface area contributed by atoms with Crippen LogP contribution in [0.25, 0.3) is 5.69 Å². The van der Waals surface area contributed by atoms with E-state index < -0.39 is 0 Å². The van der Waals surface area contributed by atoms with Gasteiger partial charge in [0.05, 0.1) is 18.0 Å². The van der Waals surface area contributed by atoms with Crippen LogP contribution in [0.5, 0.6) is 0 Å². The Balaban J connectivity index is 1.65. The second kappa shape index (κ2) is 7.59. The molecule has 0 bridgehead atoms. The molecular formula is C20H22FN3O. The molecule has 0 aliphatic rings. The van der Waals surface area contributed by atoms with Crippen molar-refractivity contribution in [2.45, 2.75) is 33.5 Å². The van der Waals surface area contributed by atoms with E-state index in [2.05, 4.69) is 29.5 Å². The van der Waals surface area contributed by atoms with Crippen molar-refractivity contribution in [2.75, 3.05) is 0 Å². The van der Waals surface area contributed by atoms with Gasteiger partial charge in [0.1, 0.15) is 5.82 Å². The summed E-state index contributed by atoms with van der Waals surface area (Å²) in [7, 11) is 0. The topological polar surface area (TPSA) is 50.1 Å². The first-order valence-corrected chi connectivity index (χ1v) is 8.28. The minimum Gasteiger partial charge on any atom is -0.392 e. The fourth-order valence-corrected chi connectivity index (χ4v) is 2.74. The van der Waals surface area contributed by atoms with Crippen molar-refractivity contribution in [2.24, 2.45) is 0 Å². The van der Waals surface area contributed by atoms with Gasteiger partial charge in [0.2, 0.25) is 0 Å². The smallest absolute Gasteiger partial charge is 0.129 e. The molecule has 0 fully saturated rings. The van der Waals surface area contributed by atoms with Crippen LogP contribution in [-0.2, 0) is 19.7 Å². The number of aliphatic hydroxyl groups excluding tert-OH is 1. The van der Waals surface area contributed by atoms with E-state index in [1.165, 1.54) is 11.6 Å². The van der Waals surface area contributed by atoms with Crippen molar-refractivity contribution in [3.63, 3.8) is 0 Å². The summed E-state index contributed by atoms with van der Waals surface area (Å²) in [6.45, 7) is 4.97. The van der Waals surface area contributed by atoms with Crippen LogP contribution in [0.2, 0.25) is 0 Å². The van der Waals surface area contributed by atoms with E-state index in [0.29, 0.717) is 18.7 Å². The number of benzene rings is 2. The molecule has 2 N–H and O–H groups in total. The van der Waals surface area contributed by atoms with Gasteiger partial charge in [-0.2, -0.15) is 5.10 Å². The van der Waals surface area contributed by atoms with Gasteiger partial charge >= 0.3 is 0 Å². The summed E-state index contributed by atoms with van der Waals surface area (Å²) in [6.07, 6.45) is 2.02. The summed E-state index contributed by atoms with van der Waals surface area (Å²) >= 11 is 0. The molecule has 0 saturated carbocycles. The lowest BCUT2D eigenvalue weighted by molar-refractivity contribution is 0.275. The fourth-order valence-electron chi connectivity index (χ4n) is 2.74. The quantitative estimate of drug-likeness (QED) is 0.724. The molecule has 1 heterocycles. The van der Waals surface area contributed by atoms with Gasteiger partial charge in [0, 0.05) is 30.4 Å².